The van der Waals surface area contributed by atoms with Gasteiger partial charge in [0.15, 0.2) is 0 Å². The molecule has 17 heavy (non-hydrogen) atoms. The molecule has 1 unspecified atom stereocenters. The number of rotatable bonds is 3. The zero-order chi connectivity index (χ0) is 12.3. The first-order chi connectivity index (χ1) is 8.24. The summed E-state index contributed by atoms with van der Waals surface area (Å²) in [5.74, 6) is 0.853. The van der Waals surface area contributed by atoms with E-state index in [4.69, 9.17) is 9.47 Å². The first kappa shape index (κ1) is 11.9. The Kier molecular flexibility index (Phi) is 3.64. The zero-order valence-corrected chi connectivity index (χ0v) is 10.2. The Hall–Kier alpha value is -1.55. The maximum Gasteiger partial charge on any atom is 0.229 e. The predicted octanol–water partition coefficient (Wildman–Crippen LogP) is 1.84. The van der Waals surface area contributed by atoms with E-state index in [1.807, 2.05) is 31.2 Å². The van der Waals surface area contributed by atoms with Gasteiger partial charge in [-0.1, -0.05) is 12.1 Å². The summed E-state index contributed by atoms with van der Waals surface area (Å²) in [6, 6.07) is 7.69. The fourth-order valence-corrected chi connectivity index (χ4v) is 1.99. The average Bonchev–Trinajstić information content (AvgIpc) is 2.35. The quantitative estimate of drug-likeness (QED) is 0.802. The van der Waals surface area contributed by atoms with Crippen LogP contribution in [0.1, 0.15) is 13.3 Å². The molecule has 1 aromatic carbocycles. The molecule has 92 valence electrons. The molecule has 1 aromatic rings. The standard InChI is InChI=1S/C13H17NO3/c1-10-9-17-12-6-4-3-5-11(12)14(10)13(15)7-8-16-2/h3-6,10H,7-9H2,1-2H3. The lowest BCUT2D eigenvalue weighted by molar-refractivity contribution is -0.120. The Morgan fingerprint density at radius 1 is 1.53 bits per heavy atom. The molecule has 1 aliphatic rings. The molecular formula is C13H17NO3. The van der Waals surface area contributed by atoms with Gasteiger partial charge in [-0.2, -0.15) is 0 Å². The highest BCUT2D eigenvalue weighted by molar-refractivity contribution is 5.95. The molecule has 0 N–H and O–H groups in total. The number of carbonyl (C=O) groups excluding carboxylic acids is 1. The first-order valence-corrected chi connectivity index (χ1v) is 5.77. The van der Waals surface area contributed by atoms with Crippen molar-refractivity contribution in [3.63, 3.8) is 0 Å². The van der Waals surface area contributed by atoms with E-state index in [9.17, 15) is 4.79 Å². The zero-order valence-electron chi connectivity index (χ0n) is 10.2. The second-order valence-electron chi connectivity index (χ2n) is 4.13. The third-order valence-corrected chi connectivity index (χ3v) is 2.83. The third kappa shape index (κ3) is 2.42. The minimum atomic E-state index is 0.0641. The maximum absolute atomic E-state index is 12.1. The highest BCUT2D eigenvalue weighted by Gasteiger charge is 2.28. The van der Waals surface area contributed by atoms with Gasteiger partial charge in [0.2, 0.25) is 5.91 Å². The Balaban J connectivity index is 2.23. The molecule has 1 atom stereocenters. The summed E-state index contributed by atoms with van der Waals surface area (Å²) in [5.41, 5.74) is 0.854. The van der Waals surface area contributed by atoms with Gasteiger partial charge >= 0.3 is 0 Å². The number of nitrogens with zero attached hydrogens (tertiary/aromatic N) is 1. The number of benzene rings is 1. The van der Waals surface area contributed by atoms with Crippen molar-refractivity contribution in [1.29, 1.82) is 0 Å². The summed E-state index contributed by atoms with van der Waals surface area (Å²) in [5, 5.41) is 0. The van der Waals surface area contributed by atoms with Crippen molar-refractivity contribution < 1.29 is 14.3 Å². The van der Waals surface area contributed by atoms with E-state index in [0.717, 1.165) is 11.4 Å². The van der Waals surface area contributed by atoms with Gasteiger partial charge in [0, 0.05) is 7.11 Å². The molecule has 1 aliphatic heterocycles. The lowest BCUT2D eigenvalue weighted by Crippen LogP contribution is -2.45. The largest absolute Gasteiger partial charge is 0.489 e. The molecule has 0 radical (unpaired) electrons. The van der Waals surface area contributed by atoms with Gasteiger partial charge < -0.3 is 14.4 Å². The number of anilines is 1. The van der Waals surface area contributed by atoms with Gasteiger partial charge in [-0.05, 0) is 19.1 Å². The molecule has 0 fully saturated rings. The minimum absolute atomic E-state index is 0.0641. The molecule has 0 bridgehead atoms. The number of methoxy groups -OCH3 is 1. The van der Waals surface area contributed by atoms with Crippen LogP contribution in [0, 0.1) is 0 Å². The van der Waals surface area contributed by atoms with E-state index < -0.39 is 0 Å². The highest BCUT2D eigenvalue weighted by atomic mass is 16.5. The summed E-state index contributed by atoms with van der Waals surface area (Å²) in [6.45, 7) is 2.97. The van der Waals surface area contributed by atoms with Crippen molar-refractivity contribution in [1.82, 2.24) is 0 Å². The fourth-order valence-electron chi connectivity index (χ4n) is 1.99. The molecule has 0 saturated heterocycles. The number of carbonyl (C=O) groups is 1. The Bertz CT molecular complexity index is 405. The number of amides is 1. The SMILES string of the molecule is COCCC(=O)N1c2ccccc2OCC1C. The lowest BCUT2D eigenvalue weighted by atomic mass is 10.1. The Morgan fingerprint density at radius 3 is 3.06 bits per heavy atom. The molecule has 1 heterocycles. The summed E-state index contributed by atoms with van der Waals surface area (Å²) in [6.07, 6.45) is 0.398. The molecule has 2 rings (SSSR count). The van der Waals surface area contributed by atoms with E-state index in [2.05, 4.69) is 0 Å². The van der Waals surface area contributed by atoms with Gasteiger partial charge in [-0.15, -0.1) is 0 Å². The molecule has 0 spiro atoms. The number of fused-ring (bicyclic) bond motifs is 1. The predicted molar refractivity (Wildman–Crippen MR) is 65.4 cm³/mol. The van der Waals surface area contributed by atoms with Crippen LogP contribution < -0.4 is 9.64 Å². The Labute approximate surface area is 101 Å². The van der Waals surface area contributed by atoms with Crippen LogP contribution >= 0.6 is 0 Å². The summed E-state index contributed by atoms with van der Waals surface area (Å²) in [4.78, 5) is 13.9. The van der Waals surface area contributed by atoms with Crippen molar-refractivity contribution in [3.8, 4) is 5.75 Å². The first-order valence-electron chi connectivity index (χ1n) is 5.77. The number of hydrogen-bond acceptors (Lipinski definition) is 3. The summed E-state index contributed by atoms with van der Waals surface area (Å²) < 4.78 is 10.5. The monoisotopic (exact) mass is 235 g/mol. The van der Waals surface area contributed by atoms with Gasteiger partial charge in [-0.25, -0.2) is 0 Å². The number of hydrogen-bond donors (Lipinski definition) is 0. The maximum atomic E-state index is 12.1. The number of ether oxygens (including phenoxy) is 2. The molecule has 0 aliphatic carbocycles. The van der Waals surface area contributed by atoms with Crippen LogP contribution in [0.5, 0.6) is 5.75 Å². The van der Waals surface area contributed by atoms with Crippen LogP contribution in [-0.2, 0) is 9.53 Å². The second kappa shape index (κ2) is 5.19. The van der Waals surface area contributed by atoms with Gasteiger partial charge in [0.25, 0.3) is 0 Å². The molecule has 1 amide bonds. The smallest absolute Gasteiger partial charge is 0.229 e. The minimum Gasteiger partial charge on any atom is -0.489 e. The van der Waals surface area contributed by atoms with Gasteiger partial charge in [-0.3, -0.25) is 4.79 Å². The van der Waals surface area contributed by atoms with Crippen molar-refractivity contribution >= 4 is 11.6 Å². The average molecular weight is 235 g/mol. The van der Waals surface area contributed by atoms with Crippen LogP contribution in [0.3, 0.4) is 0 Å². The highest BCUT2D eigenvalue weighted by Crippen LogP contribution is 2.33. The van der Waals surface area contributed by atoms with Crippen LogP contribution in [-0.4, -0.2) is 32.3 Å². The fraction of sp³-hybridized carbons (Fsp3) is 0.462. The van der Waals surface area contributed by atoms with E-state index in [0.29, 0.717) is 19.6 Å². The second-order valence-corrected chi connectivity index (χ2v) is 4.13. The van der Waals surface area contributed by atoms with E-state index in [1.54, 1.807) is 12.0 Å². The third-order valence-electron chi connectivity index (χ3n) is 2.83. The molecule has 0 saturated carbocycles. The molecule has 4 heteroatoms. The summed E-state index contributed by atoms with van der Waals surface area (Å²) >= 11 is 0. The Morgan fingerprint density at radius 2 is 2.29 bits per heavy atom. The normalized spacial score (nSPS) is 18.5. The van der Waals surface area contributed by atoms with Crippen LogP contribution in [0.15, 0.2) is 24.3 Å². The van der Waals surface area contributed by atoms with Crippen molar-refractivity contribution in [3.05, 3.63) is 24.3 Å². The van der Waals surface area contributed by atoms with Crippen LogP contribution in [0.2, 0.25) is 0 Å². The molecule has 0 aromatic heterocycles. The summed E-state index contributed by atoms with van der Waals surface area (Å²) in [7, 11) is 1.60. The topological polar surface area (TPSA) is 38.8 Å². The van der Waals surface area contributed by atoms with E-state index in [-0.39, 0.29) is 11.9 Å². The molecule has 4 nitrogen and oxygen atoms in total. The number of para-hydroxylation sites is 2. The van der Waals surface area contributed by atoms with Crippen LogP contribution in [0.4, 0.5) is 5.69 Å². The van der Waals surface area contributed by atoms with Crippen molar-refractivity contribution in [2.75, 3.05) is 25.2 Å². The van der Waals surface area contributed by atoms with Gasteiger partial charge in [0.1, 0.15) is 12.4 Å². The van der Waals surface area contributed by atoms with Crippen molar-refractivity contribution in [2.24, 2.45) is 0 Å². The van der Waals surface area contributed by atoms with Crippen LogP contribution in [0.25, 0.3) is 0 Å². The molecular weight excluding hydrogens is 218 g/mol. The van der Waals surface area contributed by atoms with E-state index in [1.165, 1.54) is 0 Å². The lowest BCUT2D eigenvalue weighted by Gasteiger charge is -2.35. The van der Waals surface area contributed by atoms with Gasteiger partial charge in [0.05, 0.1) is 24.8 Å². The van der Waals surface area contributed by atoms with E-state index >= 15 is 0 Å². The van der Waals surface area contributed by atoms with Crippen molar-refractivity contribution in [2.45, 2.75) is 19.4 Å².